The number of morpholine rings is 1. The van der Waals surface area contributed by atoms with Crippen molar-refractivity contribution in [3.05, 3.63) is 35.0 Å². The fourth-order valence-corrected chi connectivity index (χ4v) is 2.77. The molecule has 1 aromatic heterocycles. The fourth-order valence-electron chi connectivity index (χ4n) is 2.77. The zero-order chi connectivity index (χ0) is 15.7. The number of hydrogen-bond acceptors (Lipinski definition) is 4. The molecular weight excluding hydrogens is 282 g/mol. The van der Waals surface area contributed by atoms with Crippen LogP contribution in [-0.4, -0.2) is 36.0 Å². The zero-order valence-corrected chi connectivity index (χ0v) is 12.1. The molecule has 22 heavy (non-hydrogen) atoms. The van der Waals surface area contributed by atoms with Crippen LogP contribution >= 0.6 is 0 Å². The summed E-state index contributed by atoms with van der Waals surface area (Å²) in [5.74, 6) is -0.131. The molecule has 1 saturated heterocycles. The number of fused-ring (bicyclic) bond motifs is 1. The van der Waals surface area contributed by atoms with Crippen LogP contribution < -0.4 is 5.32 Å². The van der Waals surface area contributed by atoms with E-state index in [1.807, 2.05) is 17.6 Å². The normalized spacial score (nSPS) is 18.0. The Morgan fingerprint density at radius 2 is 2.32 bits per heavy atom. The van der Waals surface area contributed by atoms with Gasteiger partial charge in [0, 0.05) is 17.5 Å². The van der Waals surface area contributed by atoms with Crippen molar-refractivity contribution in [2.24, 2.45) is 0 Å². The van der Waals surface area contributed by atoms with Crippen LogP contribution in [0.3, 0.4) is 0 Å². The molecule has 1 N–H and O–H groups in total. The van der Waals surface area contributed by atoms with Crippen molar-refractivity contribution in [2.75, 3.05) is 13.2 Å². The number of nitrogens with one attached hydrogen (secondary N) is 1. The average molecular weight is 297 g/mol. The Bertz CT molecular complexity index is 791. The Labute approximate surface area is 127 Å². The largest absolute Gasteiger partial charge is 0.365 e. The van der Waals surface area contributed by atoms with Gasteiger partial charge in [-0.1, -0.05) is 0 Å². The minimum atomic E-state index is -0.194. The maximum atomic E-state index is 11.1. The maximum Gasteiger partial charge on any atom is 0.246 e. The van der Waals surface area contributed by atoms with Gasteiger partial charge >= 0.3 is 0 Å². The van der Waals surface area contributed by atoms with Gasteiger partial charge in [-0.25, -0.2) is 0 Å². The van der Waals surface area contributed by atoms with E-state index in [-0.39, 0.29) is 18.6 Å². The van der Waals surface area contributed by atoms with Crippen LogP contribution in [0.15, 0.2) is 18.2 Å². The quantitative estimate of drug-likeness (QED) is 0.861. The second-order valence-corrected chi connectivity index (χ2v) is 5.38. The number of nitriles is 1. The van der Waals surface area contributed by atoms with Crippen LogP contribution in [0.2, 0.25) is 0 Å². The van der Waals surface area contributed by atoms with Crippen LogP contribution in [0, 0.1) is 18.3 Å². The number of amides is 1. The maximum absolute atomic E-state index is 11.1. The van der Waals surface area contributed by atoms with Crippen molar-refractivity contribution >= 4 is 23.1 Å². The molecule has 0 radical (unpaired) electrons. The van der Waals surface area contributed by atoms with Crippen LogP contribution in [0.4, 0.5) is 0 Å². The van der Waals surface area contributed by atoms with Crippen molar-refractivity contribution in [1.29, 1.82) is 5.26 Å². The Hall–Kier alpha value is -2.65. The molecule has 3 rings (SSSR count). The lowest BCUT2D eigenvalue weighted by molar-refractivity contribution is -0.133. The highest BCUT2D eigenvalue weighted by molar-refractivity contribution is 5.91. The Morgan fingerprint density at radius 3 is 2.95 bits per heavy atom. The first-order valence-electron chi connectivity index (χ1n) is 7.00. The van der Waals surface area contributed by atoms with Gasteiger partial charge in [0.25, 0.3) is 0 Å². The first-order chi connectivity index (χ1) is 10.6. The third-order valence-electron chi connectivity index (χ3n) is 3.86. The predicted molar refractivity (Wildman–Crippen MR) is 79.5 cm³/mol. The summed E-state index contributed by atoms with van der Waals surface area (Å²) in [7, 11) is 0. The number of ether oxygens (including phenoxy) is 1. The van der Waals surface area contributed by atoms with Crippen molar-refractivity contribution < 1.29 is 14.3 Å². The monoisotopic (exact) mass is 297 g/mol. The van der Waals surface area contributed by atoms with E-state index in [9.17, 15) is 14.9 Å². The van der Waals surface area contributed by atoms with Gasteiger partial charge in [0.2, 0.25) is 5.91 Å². The third kappa shape index (κ3) is 2.47. The van der Waals surface area contributed by atoms with Gasteiger partial charge in [-0.05, 0) is 30.7 Å². The first kappa shape index (κ1) is 14.3. The molecule has 6 nitrogen and oxygen atoms in total. The number of rotatable bonds is 3. The molecule has 0 bridgehead atoms. The Balaban J connectivity index is 2.03. The molecule has 112 valence electrons. The number of hydrogen-bond donors (Lipinski definition) is 1. The third-order valence-corrected chi connectivity index (χ3v) is 3.86. The molecule has 1 aromatic carbocycles. The molecule has 1 atom stereocenters. The van der Waals surface area contributed by atoms with E-state index in [0.717, 1.165) is 22.8 Å². The fraction of sp³-hybridized carbons (Fsp3) is 0.312. The van der Waals surface area contributed by atoms with Gasteiger partial charge in [-0.3, -0.25) is 9.59 Å². The first-order valence-corrected chi connectivity index (χ1v) is 7.00. The summed E-state index contributed by atoms with van der Waals surface area (Å²) in [6.07, 6.45) is 0.605. The van der Waals surface area contributed by atoms with Crippen molar-refractivity contribution in [2.45, 2.75) is 19.6 Å². The van der Waals surface area contributed by atoms with Crippen LogP contribution in [0.5, 0.6) is 0 Å². The molecule has 0 saturated carbocycles. The molecule has 1 aliphatic rings. The summed E-state index contributed by atoms with van der Waals surface area (Å²) in [4.78, 5) is 22.2. The molecular formula is C16H15N3O3. The smallest absolute Gasteiger partial charge is 0.246 e. The van der Waals surface area contributed by atoms with Crippen molar-refractivity contribution in [3.8, 4) is 6.07 Å². The summed E-state index contributed by atoms with van der Waals surface area (Å²) in [6.45, 7) is 2.81. The number of aldehydes is 1. The molecule has 1 fully saturated rings. The van der Waals surface area contributed by atoms with Gasteiger partial charge in [0.15, 0.2) is 0 Å². The van der Waals surface area contributed by atoms with E-state index in [1.54, 1.807) is 12.1 Å². The lowest BCUT2D eigenvalue weighted by Gasteiger charge is -2.24. The summed E-state index contributed by atoms with van der Waals surface area (Å²) in [6, 6.07) is 7.58. The van der Waals surface area contributed by atoms with Crippen LogP contribution in [-0.2, 0) is 16.1 Å². The minimum absolute atomic E-state index is 0.0321. The van der Waals surface area contributed by atoms with Crippen molar-refractivity contribution in [3.63, 3.8) is 0 Å². The molecule has 2 heterocycles. The molecule has 1 unspecified atom stereocenters. The molecule has 1 aliphatic heterocycles. The predicted octanol–water partition coefficient (Wildman–Crippen LogP) is 1.15. The van der Waals surface area contributed by atoms with E-state index in [2.05, 4.69) is 11.4 Å². The Kier molecular flexibility index (Phi) is 3.65. The highest BCUT2D eigenvalue weighted by Crippen LogP contribution is 2.25. The standard InChI is InChI=1S/C16H15N3O3/c1-10-2-11(8-20)3-15-14(10)4-12(5-17)19(15)7-13-6-18-16(21)9-22-13/h2-4,8,13H,6-7,9H2,1H3,(H,18,21). The van der Waals surface area contributed by atoms with Gasteiger partial charge in [0.1, 0.15) is 24.7 Å². The van der Waals surface area contributed by atoms with Crippen molar-refractivity contribution in [1.82, 2.24) is 9.88 Å². The van der Waals surface area contributed by atoms with Gasteiger partial charge in [0.05, 0.1) is 18.2 Å². The second-order valence-electron chi connectivity index (χ2n) is 5.38. The van der Waals surface area contributed by atoms with E-state index in [1.165, 1.54) is 0 Å². The number of nitrogens with zero attached hydrogens (tertiary/aromatic N) is 2. The number of aryl methyl sites for hydroxylation is 1. The van der Waals surface area contributed by atoms with E-state index in [4.69, 9.17) is 4.74 Å². The number of aromatic nitrogens is 1. The zero-order valence-electron chi connectivity index (χ0n) is 12.1. The Morgan fingerprint density at radius 1 is 1.50 bits per heavy atom. The highest BCUT2D eigenvalue weighted by Gasteiger charge is 2.21. The number of carbonyl (C=O) groups is 2. The molecule has 0 spiro atoms. The van der Waals surface area contributed by atoms with Crippen LogP contribution in [0.1, 0.15) is 21.6 Å². The highest BCUT2D eigenvalue weighted by atomic mass is 16.5. The average Bonchev–Trinajstić information content (AvgIpc) is 2.88. The lowest BCUT2D eigenvalue weighted by Crippen LogP contribution is -2.44. The molecule has 6 heteroatoms. The minimum Gasteiger partial charge on any atom is -0.365 e. The van der Waals surface area contributed by atoms with E-state index >= 15 is 0 Å². The summed E-state index contributed by atoms with van der Waals surface area (Å²) >= 11 is 0. The van der Waals surface area contributed by atoms with Crippen LogP contribution in [0.25, 0.3) is 10.9 Å². The molecule has 0 aliphatic carbocycles. The SMILES string of the molecule is Cc1cc(C=O)cc2c1cc(C#N)n2CC1CNC(=O)CO1. The summed E-state index contributed by atoms with van der Waals surface area (Å²) in [5.41, 5.74) is 2.88. The summed E-state index contributed by atoms with van der Waals surface area (Å²) < 4.78 is 7.33. The number of carbonyl (C=O) groups excluding carboxylic acids is 2. The van der Waals surface area contributed by atoms with E-state index < -0.39 is 0 Å². The van der Waals surface area contributed by atoms with Gasteiger partial charge in [-0.2, -0.15) is 5.26 Å². The van der Waals surface area contributed by atoms with Gasteiger partial charge < -0.3 is 14.6 Å². The van der Waals surface area contributed by atoms with Gasteiger partial charge in [-0.15, -0.1) is 0 Å². The topological polar surface area (TPSA) is 84.1 Å². The molecule has 1 amide bonds. The lowest BCUT2D eigenvalue weighted by atomic mass is 10.1. The number of benzene rings is 1. The second kappa shape index (κ2) is 5.62. The molecule has 2 aromatic rings. The summed E-state index contributed by atoms with van der Waals surface area (Å²) in [5, 5.41) is 13.1. The van der Waals surface area contributed by atoms with E-state index in [0.29, 0.717) is 24.3 Å².